The van der Waals surface area contributed by atoms with Crippen molar-refractivity contribution in [1.29, 1.82) is 0 Å². The van der Waals surface area contributed by atoms with E-state index in [4.69, 9.17) is 5.73 Å². The van der Waals surface area contributed by atoms with E-state index in [1.165, 1.54) is 0 Å². The molecular weight excluding hydrogens is 240 g/mol. The molecular formula is C15H20N2O2. The zero-order valence-corrected chi connectivity index (χ0v) is 11.4. The van der Waals surface area contributed by atoms with Crippen LogP contribution in [0.15, 0.2) is 24.3 Å². The molecule has 0 saturated carbocycles. The quantitative estimate of drug-likeness (QED) is 0.845. The lowest BCUT2D eigenvalue weighted by atomic mass is 9.92. The van der Waals surface area contributed by atoms with Crippen molar-refractivity contribution < 1.29 is 9.59 Å². The van der Waals surface area contributed by atoms with Gasteiger partial charge in [0.2, 0.25) is 5.91 Å². The number of benzene rings is 1. The monoisotopic (exact) mass is 260 g/mol. The molecule has 1 aliphatic heterocycles. The topological polar surface area (TPSA) is 63.4 Å². The molecule has 2 rings (SSSR count). The molecule has 0 aromatic heterocycles. The van der Waals surface area contributed by atoms with Crippen LogP contribution >= 0.6 is 0 Å². The second-order valence-corrected chi connectivity index (χ2v) is 5.28. The van der Waals surface area contributed by atoms with Crippen LogP contribution in [0.2, 0.25) is 0 Å². The van der Waals surface area contributed by atoms with Gasteiger partial charge in [0.05, 0.1) is 5.92 Å². The van der Waals surface area contributed by atoms with E-state index in [9.17, 15) is 9.59 Å². The maximum absolute atomic E-state index is 11.3. The number of hydrogen-bond donors (Lipinski definition) is 1. The van der Waals surface area contributed by atoms with Crippen LogP contribution in [0.25, 0.3) is 0 Å². The smallest absolute Gasteiger partial charge is 0.222 e. The summed E-state index contributed by atoms with van der Waals surface area (Å²) in [7, 11) is 0. The van der Waals surface area contributed by atoms with Crippen LogP contribution in [0.3, 0.4) is 0 Å². The van der Waals surface area contributed by atoms with E-state index in [1.54, 1.807) is 6.92 Å². The van der Waals surface area contributed by atoms with Gasteiger partial charge in [-0.2, -0.15) is 0 Å². The number of hydrogen-bond acceptors (Lipinski definition) is 3. The van der Waals surface area contributed by atoms with Crippen molar-refractivity contribution in [1.82, 2.24) is 0 Å². The fourth-order valence-electron chi connectivity index (χ4n) is 2.59. The summed E-state index contributed by atoms with van der Waals surface area (Å²) in [4.78, 5) is 24.8. The maximum Gasteiger partial charge on any atom is 0.222 e. The number of Topliss-reactive ketones (excluding diaryl/α,β-unsaturated/α-hetero) is 1. The third-order valence-corrected chi connectivity index (χ3v) is 3.89. The van der Waals surface area contributed by atoms with Crippen LogP contribution in [0.1, 0.15) is 37.0 Å². The van der Waals surface area contributed by atoms with E-state index >= 15 is 0 Å². The number of primary amides is 1. The zero-order chi connectivity index (χ0) is 14.0. The van der Waals surface area contributed by atoms with Gasteiger partial charge >= 0.3 is 0 Å². The van der Waals surface area contributed by atoms with Gasteiger partial charge in [0, 0.05) is 23.8 Å². The minimum absolute atomic E-state index is 0.0632. The summed E-state index contributed by atoms with van der Waals surface area (Å²) in [6.45, 7) is 4.37. The maximum atomic E-state index is 11.3. The Morgan fingerprint density at radius 2 is 1.84 bits per heavy atom. The number of rotatable bonds is 3. The van der Waals surface area contributed by atoms with Crippen LogP contribution < -0.4 is 10.6 Å². The summed E-state index contributed by atoms with van der Waals surface area (Å²) >= 11 is 0. The Hall–Kier alpha value is -1.84. The first-order valence-corrected chi connectivity index (χ1v) is 6.66. The first-order valence-electron chi connectivity index (χ1n) is 6.66. The number of piperidine rings is 1. The molecule has 0 bridgehead atoms. The van der Waals surface area contributed by atoms with Crippen LogP contribution in [0.5, 0.6) is 0 Å². The van der Waals surface area contributed by atoms with Crippen LogP contribution in [-0.2, 0) is 4.79 Å². The van der Waals surface area contributed by atoms with E-state index < -0.39 is 0 Å². The van der Waals surface area contributed by atoms with Crippen molar-refractivity contribution in [3.63, 3.8) is 0 Å². The number of nitrogens with zero attached hydrogens (tertiary/aromatic N) is 1. The SMILES string of the molecule is CC(=O)c1ccc(N2CC(C(N)=O)CCC2C)cc1. The van der Waals surface area contributed by atoms with Gasteiger partial charge in [-0.05, 0) is 51.0 Å². The number of anilines is 1. The highest BCUT2D eigenvalue weighted by molar-refractivity contribution is 5.94. The van der Waals surface area contributed by atoms with Crippen LogP contribution in [0, 0.1) is 5.92 Å². The third kappa shape index (κ3) is 2.95. The second kappa shape index (κ2) is 5.43. The number of carbonyl (C=O) groups excluding carboxylic acids is 2. The van der Waals surface area contributed by atoms with Gasteiger partial charge in [-0.1, -0.05) is 0 Å². The van der Waals surface area contributed by atoms with Crippen molar-refractivity contribution in [3.05, 3.63) is 29.8 Å². The molecule has 1 aromatic carbocycles. The minimum atomic E-state index is -0.225. The van der Waals surface area contributed by atoms with Gasteiger partial charge in [0.25, 0.3) is 0 Å². The number of carbonyl (C=O) groups is 2. The lowest BCUT2D eigenvalue weighted by Gasteiger charge is -2.38. The zero-order valence-electron chi connectivity index (χ0n) is 11.4. The first kappa shape index (κ1) is 13.6. The Labute approximate surface area is 113 Å². The molecule has 4 nitrogen and oxygen atoms in total. The van der Waals surface area contributed by atoms with Crippen molar-refractivity contribution in [2.75, 3.05) is 11.4 Å². The van der Waals surface area contributed by atoms with E-state index in [2.05, 4.69) is 11.8 Å². The molecule has 1 fully saturated rings. The normalized spacial score (nSPS) is 23.2. The summed E-state index contributed by atoms with van der Waals surface area (Å²) < 4.78 is 0. The Morgan fingerprint density at radius 1 is 1.21 bits per heavy atom. The van der Waals surface area contributed by atoms with E-state index in [0.717, 1.165) is 18.5 Å². The Morgan fingerprint density at radius 3 is 2.37 bits per heavy atom. The van der Waals surface area contributed by atoms with Crippen LogP contribution in [-0.4, -0.2) is 24.3 Å². The Bertz CT molecular complexity index is 481. The molecule has 0 spiro atoms. The highest BCUT2D eigenvalue weighted by Crippen LogP contribution is 2.27. The van der Waals surface area contributed by atoms with Crippen LogP contribution in [0.4, 0.5) is 5.69 Å². The third-order valence-electron chi connectivity index (χ3n) is 3.89. The average molecular weight is 260 g/mol. The van der Waals surface area contributed by atoms with Gasteiger partial charge in [-0.15, -0.1) is 0 Å². The molecule has 102 valence electrons. The standard InChI is InChI=1S/C15H20N2O2/c1-10-3-4-13(15(16)19)9-17(10)14-7-5-12(6-8-14)11(2)18/h5-8,10,13H,3-4,9H2,1-2H3,(H2,16,19). The van der Waals surface area contributed by atoms with E-state index in [1.807, 2.05) is 24.3 Å². The predicted molar refractivity (Wildman–Crippen MR) is 75.2 cm³/mol. The average Bonchev–Trinajstić information content (AvgIpc) is 2.39. The van der Waals surface area contributed by atoms with Crippen molar-refractivity contribution in [3.8, 4) is 0 Å². The second-order valence-electron chi connectivity index (χ2n) is 5.28. The molecule has 0 radical (unpaired) electrons. The fourth-order valence-corrected chi connectivity index (χ4v) is 2.59. The van der Waals surface area contributed by atoms with E-state index in [0.29, 0.717) is 18.2 Å². The number of nitrogens with two attached hydrogens (primary N) is 1. The summed E-state index contributed by atoms with van der Waals surface area (Å²) in [5, 5.41) is 0. The molecule has 2 unspecified atom stereocenters. The van der Waals surface area contributed by atoms with Crippen molar-refractivity contribution in [2.24, 2.45) is 11.7 Å². The lowest BCUT2D eigenvalue weighted by Crippen LogP contribution is -2.45. The largest absolute Gasteiger partial charge is 0.369 e. The Balaban J connectivity index is 2.18. The van der Waals surface area contributed by atoms with Gasteiger partial charge in [0.1, 0.15) is 0 Å². The summed E-state index contributed by atoms with van der Waals surface area (Å²) in [6.07, 6.45) is 1.82. The fraction of sp³-hybridized carbons (Fsp3) is 0.467. The molecule has 1 aliphatic rings. The molecule has 1 amide bonds. The molecule has 1 aromatic rings. The molecule has 19 heavy (non-hydrogen) atoms. The minimum Gasteiger partial charge on any atom is -0.369 e. The predicted octanol–water partition coefficient (Wildman–Crippen LogP) is 1.98. The molecule has 1 heterocycles. The molecule has 2 N–H and O–H groups in total. The highest BCUT2D eigenvalue weighted by Gasteiger charge is 2.28. The van der Waals surface area contributed by atoms with Crippen molar-refractivity contribution in [2.45, 2.75) is 32.7 Å². The van der Waals surface area contributed by atoms with Gasteiger partial charge in [0.15, 0.2) is 5.78 Å². The van der Waals surface area contributed by atoms with E-state index in [-0.39, 0.29) is 17.6 Å². The molecule has 2 atom stereocenters. The highest BCUT2D eigenvalue weighted by atomic mass is 16.1. The number of amides is 1. The lowest BCUT2D eigenvalue weighted by molar-refractivity contribution is -0.122. The molecule has 1 saturated heterocycles. The number of ketones is 1. The summed E-state index contributed by atoms with van der Waals surface area (Å²) in [5.41, 5.74) is 7.16. The van der Waals surface area contributed by atoms with Gasteiger partial charge < -0.3 is 10.6 Å². The summed E-state index contributed by atoms with van der Waals surface area (Å²) in [6, 6.07) is 7.93. The Kier molecular flexibility index (Phi) is 3.88. The summed E-state index contributed by atoms with van der Waals surface area (Å²) in [5.74, 6) is -0.241. The van der Waals surface area contributed by atoms with Gasteiger partial charge in [-0.25, -0.2) is 0 Å². The van der Waals surface area contributed by atoms with Crippen molar-refractivity contribution >= 4 is 17.4 Å². The molecule has 0 aliphatic carbocycles. The molecule has 4 heteroatoms. The van der Waals surface area contributed by atoms with Gasteiger partial charge in [-0.3, -0.25) is 9.59 Å². The first-order chi connectivity index (χ1) is 8.99.